The Labute approximate surface area is 232 Å². The van der Waals surface area contributed by atoms with Crippen LogP contribution in [-0.4, -0.2) is 58.3 Å². The maximum absolute atomic E-state index is 14.7. The molecule has 2 aromatic heterocycles. The van der Waals surface area contributed by atoms with Crippen LogP contribution in [0.1, 0.15) is 22.3 Å². The van der Waals surface area contributed by atoms with E-state index in [1.807, 2.05) is 30.3 Å². The molecule has 40 heavy (non-hydrogen) atoms. The van der Waals surface area contributed by atoms with Crippen molar-refractivity contribution in [3.8, 4) is 23.1 Å². The first-order valence-electron chi connectivity index (χ1n) is 13.5. The lowest BCUT2D eigenvalue weighted by Gasteiger charge is -2.34. The maximum Gasteiger partial charge on any atom is 0.226 e. The summed E-state index contributed by atoms with van der Waals surface area (Å²) < 4.78 is 14.7. The third-order valence-corrected chi connectivity index (χ3v) is 7.69. The van der Waals surface area contributed by atoms with Crippen molar-refractivity contribution in [3.63, 3.8) is 0 Å². The topological polar surface area (TPSA) is 64.2 Å². The quantitative estimate of drug-likeness (QED) is 0.338. The number of likely N-dealkylation sites (N-methyl/N-ethyl adjacent to an activating group) is 1. The minimum atomic E-state index is -0.350. The molecule has 5 aromatic rings. The molecule has 7 rings (SSSR count). The van der Waals surface area contributed by atoms with Gasteiger partial charge in [-0.05, 0) is 72.8 Å². The summed E-state index contributed by atoms with van der Waals surface area (Å²) in [6, 6.07) is 19.2. The second-order valence-corrected chi connectivity index (χ2v) is 10.5. The zero-order chi connectivity index (χ0) is 27.1. The van der Waals surface area contributed by atoms with Crippen molar-refractivity contribution in [2.24, 2.45) is 0 Å². The number of benzene rings is 3. The molecular formula is C32H28FN7. The van der Waals surface area contributed by atoms with Crippen molar-refractivity contribution in [1.82, 2.24) is 25.1 Å². The van der Waals surface area contributed by atoms with Crippen molar-refractivity contribution >= 4 is 22.5 Å². The summed E-state index contributed by atoms with van der Waals surface area (Å²) in [5, 5.41) is 7.97. The number of nitrogens with one attached hydrogen (secondary N) is 1. The van der Waals surface area contributed by atoms with Gasteiger partial charge >= 0.3 is 0 Å². The van der Waals surface area contributed by atoms with Crippen LogP contribution in [0.25, 0.3) is 22.2 Å². The van der Waals surface area contributed by atoms with E-state index in [2.05, 4.69) is 67.0 Å². The van der Waals surface area contributed by atoms with Gasteiger partial charge in [0.2, 0.25) is 5.95 Å². The molecule has 1 saturated heterocycles. The lowest BCUT2D eigenvalue weighted by Crippen LogP contribution is -2.44. The van der Waals surface area contributed by atoms with Gasteiger partial charge in [-0.25, -0.2) is 14.4 Å². The number of H-pyrrole nitrogens is 1. The predicted octanol–water partition coefficient (Wildman–Crippen LogP) is 4.83. The van der Waals surface area contributed by atoms with E-state index in [-0.39, 0.29) is 5.82 Å². The fourth-order valence-electron chi connectivity index (χ4n) is 5.42. The Morgan fingerprint density at radius 3 is 2.58 bits per heavy atom. The van der Waals surface area contributed by atoms with Gasteiger partial charge in [-0.2, -0.15) is 5.10 Å². The van der Waals surface area contributed by atoms with Gasteiger partial charge in [0.05, 0.1) is 17.4 Å². The molecule has 0 atom stereocenters. The number of rotatable bonds is 3. The Morgan fingerprint density at radius 1 is 0.825 bits per heavy atom. The number of aromatic amines is 1. The molecule has 8 heteroatoms. The van der Waals surface area contributed by atoms with Crippen LogP contribution >= 0.6 is 0 Å². The highest BCUT2D eigenvalue weighted by atomic mass is 19.1. The van der Waals surface area contributed by atoms with Crippen LogP contribution in [0.15, 0.2) is 73.1 Å². The van der Waals surface area contributed by atoms with Crippen LogP contribution < -0.4 is 9.80 Å². The SMILES string of the molecule is CN1CCN(c2ccc3c(c2)CN(c2nccc(-c4cc(F)cc(C#Cc5ccc6[nH]ncc6c5)c4)n2)C3)CC1. The van der Waals surface area contributed by atoms with Gasteiger partial charge in [0.1, 0.15) is 5.82 Å². The minimum absolute atomic E-state index is 0.350. The maximum atomic E-state index is 14.7. The number of nitrogens with zero attached hydrogens (tertiary/aromatic N) is 6. The highest BCUT2D eigenvalue weighted by Crippen LogP contribution is 2.31. The Hall–Kier alpha value is -4.74. The van der Waals surface area contributed by atoms with Crippen molar-refractivity contribution < 1.29 is 4.39 Å². The lowest BCUT2D eigenvalue weighted by molar-refractivity contribution is 0.313. The molecule has 4 heterocycles. The highest BCUT2D eigenvalue weighted by Gasteiger charge is 2.23. The molecule has 0 spiro atoms. The van der Waals surface area contributed by atoms with Crippen LogP contribution in [0.3, 0.4) is 0 Å². The van der Waals surface area contributed by atoms with Gasteiger partial charge in [-0.3, -0.25) is 5.10 Å². The molecule has 2 aliphatic heterocycles. The number of hydrogen-bond donors (Lipinski definition) is 1. The minimum Gasteiger partial charge on any atom is -0.369 e. The van der Waals surface area contributed by atoms with Crippen LogP contribution in [0.2, 0.25) is 0 Å². The summed E-state index contributed by atoms with van der Waals surface area (Å²) in [7, 11) is 2.17. The average molecular weight is 530 g/mol. The van der Waals surface area contributed by atoms with Crippen molar-refractivity contribution in [1.29, 1.82) is 0 Å². The van der Waals surface area contributed by atoms with E-state index in [0.29, 0.717) is 22.8 Å². The molecule has 2 aliphatic rings. The molecule has 0 saturated carbocycles. The van der Waals surface area contributed by atoms with Gasteiger partial charge < -0.3 is 14.7 Å². The van der Waals surface area contributed by atoms with E-state index in [9.17, 15) is 4.39 Å². The van der Waals surface area contributed by atoms with Crippen LogP contribution in [-0.2, 0) is 13.1 Å². The van der Waals surface area contributed by atoms with Crippen molar-refractivity contribution in [2.45, 2.75) is 13.1 Å². The Morgan fingerprint density at radius 2 is 1.68 bits per heavy atom. The molecule has 3 aromatic carbocycles. The molecule has 7 nitrogen and oxygen atoms in total. The van der Waals surface area contributed by atoms with Crippen LogP contribution in [0.4, 0.5) is 16.0 Å². The van der Waals surface area contributed by atoms with Crippen molar-refractivity contribution in [2.75, 3.05) is 43.0 Å². The molecule has 0 amide bonds. The molecule has 0 bridgehead atoms. The number of hydrogen-bond acceptors (Lipinski definition) is 6. The van der Waals surface area contributed by atoms with Crippen LogP contribution in [0, 0.1) is 17.7 Å². The van der Waals surface area contributed by atoms with Gasteiger partial charge in [0, 0.05) is 73.2 Å². The standard InChI is InChI=1S/C32H28FN7/c1-38-10-12-39(13-11-38)29-6-5-24-20-40(21-27(24)18-29)32-34-9-8-30(36-32)25-15-23(16-28(33)17-25)3-2-22-4-7-31-26(14-22)19-35-37-31/h4-9,14-19H,10-13,20-21H2,1H3,(H,35,37). The van der Waals surface area contributed by atoms with E-state index in [1.54, 1.807) is 12.4 Å². The normalized spacial score (nSPS) is 15.2. The van der Waals surface area contributed by atoms with E-state index >= 15 is 0 Å². The lowest BCUT2D eigenvalue weighted by atomic mass is 10.1. The van der Waals surface area contributed by atoms with Gasteiger partial charge in [-0.1, -0.05) is 17.9 Å². The zero-order valence-corrected chi connectivity index (χ0v) is 22.2. The number of halogens is 1. The third-order valence-electron chi connectivity index (χ3n) is 7.69. The summed E-state index contributed by atoms with van der Waals surface area (Å²) in [6.45, 7) is 5.76. The Bertz CT molecular complexity index is 1780. The van der Waals surface area contributed by atoms with Crippen LogP contribution in [0.5, 0.6) is 0 Å². The number of anilines is 2. The fourth-order valence-corrected chi connectivity index (χ4v) is 5.42. The number of piperazine rings is 1. The summed E-state index contributed by atoms with van der Waals surface area (Å²) >= 11 is 0. The fraction of sp³-hybridized carbons (Fsp3) is 0.219. The molecule has 1 N–H and O–H groups in total. The second kappa shape index (κ2) is 10.1. The van der Waals surface area contributed by atoms with E-state index in [0.717, 1.165) is 55.7 Å². The van der Waals surface area contributed by atoms with E-state index in [1.165, 1.54) is 28.9 Å². The van der Waals surface area contributed by atoms with E-state index < -0.39 is 0 Å². The van der Waals surface area contributed by atoms with Gasteiger partial charge in [0.25, 0.3) is 0 Å². The zero-order valence-electron chi connectivity index (χ0n) is 22.2. The van der Waals surface area contributed by atoms with Gasteiger partial charge in [-0.15, -0.1) is 0 Å². The molecular weight excluding hydrogens is 501 g/mol. The first-order valence-corrected chi connectivity index (χ1v) is 13.5. The highest BCUT2D eigenvalue weighted by molar-refractivity contribution is 5.79. The summed E-state index contributed by atoms with van der Waals surface area (Å²) in [4.78, 5) is 16.4. The molecule has 0 unspecified atom stereocenters. The predicted molar refractivity (Wildman–Crippen MR) is 156 cm³/mol. The Balaban J connectivity index is 1.11. The molecule has 0 aliphatic carbocycles. The molecule has 198 valence electrons. The first-order chi connectivity index (χ1) is 19.6. The largest absolute Gasteiger partial charge is 0.369 e. The van der Waals surface area contributed by atoms with Gasteiger partial charge in [0.15, 0.2) is 0 Å². The number of fused-ring (bicyclic) bond motifs is 2. The third kappa shape index (κ3) is 4.88. The summed E-state index contributed by atoms with van der Waals surface area (Å²) in [5.74, 6) is 6.53. The second-order valence-electron chi connectivity index (χ2n) is 10.5. The van der Waals surface area contributed by atoms with E-state index in [4.69, 9.17) is 4.98 Å². The summed E-state index contributed by atoms with van der Waals surface area (Å²) in [6.07, 6.45) is 3.51. The molecule has 1 fully saturated rings. The average Bonchev–Trinajstić information content (AvgIpc) is 3.63. The smallest absolute Gasteiger partial charge is 0.226 e. The van der Waals surface area contributed by atoms with Crippen molar-refractivity contribution in [3.05, 3.63) is 101 Å². The number of aromatic nitrogens is 4. The molecule has 0 radical (unpaired) electrons. The summed E-state index contributed by atoms with van der Waals surface area (Å²) in [5.41, 5.74) is 7.61. The monoisotopic (exact) mass is 529 g/mol. The Kier molecular flexibility index (Phi) is 6.14. The first kappa shape index (κ1) is 24.3.